The first kappa shape index (κ1) is 19.3. The van der Waals surface area contributed by atoms with Gasteiger partial charge in [-0.15, -0.1) is 11.3 Å². The van der Waals surface area contributed by atoms with E-state index < -0.39 is 30.7 Å². The molecule has 0 aliphatic rings. The number of alkyl carbamates (subject to hydrolysis) is 1. The lowest BCUT2D eigenvalue weighted by Gasteiger charge is -2.23. The second-order valence-corrected chi connectivity index (χ2v) is 7.84. The SMILES string of the molecule is CC(NCC(F)(F)CNC(=O)OC(C)(C)C)c1cc(Br)cs1. The molecule has 1 aromatic rings. The molecule has 0 saturated heterocycles. The number of carbonyl (C=O) groups is 1. The van der Waals surface area contributed by atoms with E-state index in [0.717, 1.165) is 9.35 Å². The van der Waals surface area contributed by atoms with Gasteiger partial charge in [-0.05, 0) is 49.7 Å². The Balaban J connectivity index is 2.38. The number of carbonyl (C=O) groups excluding carboxylic acids is 1. The van der Waals surface area contributed by atoms with Crippen molar-refractivity contribution in [3.63, 3.8) is 0 Å². The Morgan fingerprint density at radius 1 is 1.41 bits per heavy atom. The number of ether oxygens (including phenoxy) is 1. The molecule has 0 aromatic carbocycles. The molecule has 0 saturated carbocycles. The summed E-state index contributed by atoms with van der Waals surface area (Å²) in [6.45, 7) is 5.54. The molecule has 1 aromatic heterocycles. The second-order valence-electron chi connectivity index (χ2n) is 5.98. The highest BCUT2D eigenvalue weighted by atomic mass is 79.9. The molecule has 0 fully saturated rings. The van der Waals surface area contributed by atoms with Crippen molar-refractivity contribution in [1.29, 1.82) is 0 Å². The van der Waals surface area contributed by atoms with Crippen molar-refractivity contribution < 1.29 is 18.3 Å². The van der Waals surface area contributed by atoms with Crippen molar-refractivity contribution in [2.75, 3.05) is 13.1 Å². The number of halogens is 3. The van der Waals surface area contributed by atoms with Crippen LogP contribution in [0.1, 0.15) is 38.6 Å². The van der Waals surface area contributed by atoms with Crippen LogP contribution in [-0.4, -0.2) is 30.7 Å². The van der Waals surface area contributed by atoms with Crippen LogP contribution in [0.15, 0.2) is 15.9 Å². The quantitative estimate of drug-likeness (QED) is 0.749. The van der Waals surface area contributed by atoms with E-state index in [-0.39, 0.29) is 6.04 Å². The number of hydrogen-bond donors (Lipinski definition) is 2. The van der Waals surface area contributed by atoms with Crippen molar-refractivity contribution in [3.8, 4) is 0 Å². The van der Waals surface area contributed by atoms with Gasteiger partial charge in [-0.3, -0.25) is 0 Å². The Labute approximate surface area is 141 Å². The number of thiophene rings is 1. The first-order valence-electron chi connectivity index (χ1n) is 6.80. The van der Waals surface area contributed by atoms with E-state index in [1.54, 1.807) is 20.8 Å². The highest BCUT2D eigenvalue weighted by Gasteiger charge is 2.31. The van der Waals surface area contributed by atoms with Gasteiger partial charge >= 0.3 is 6.09 Å². The van der Waals surface area contributed by atoms with Crippen LogP contribution in [0.4, 0.5) is 13.6 Å². The van der Waals surface area contributed by atoms with Crippen LogP contribution in [0.3, 0.4) is 0 Å². The topological polar surface area (TPSA) is 50.4 Å². The minimum absolute atomic E-state index is 0.191. The molecule has 0 bridgehead atoms. The summed E-state index contributed by atoms with van der Waals surface area (Å²) >= 11 is 4.82. The first-order chi connectivity index (χ1) is 9.98. The lowest BCUT2D eigenvalue weighted by Crippen LogP contribution is -2.45. The zero-order chi connectivity index (χ0) is 17.0. The third-order valence-electron chi connectivity index (χ3n) is 2.57. The van der Waals surface area contributed by atoms with Crippen molar-refractivity contribution >= 4 is 33.4 Å². The summed E-state index contributed by atoms with van der Waals surface area (Å²) in [4.78, 5) is 12.3. The molecule has 126 valence electrons. The van der Waals surface area contributed by atoms with E-state index in [4.69, 9.17) is 4.74 Å². The molecule has 0 aliphatic carbocycles. The van der Waals surface area contributed by atoms with Crippen LogP contribution in [-0.2, 0) is 4.74 Å². The predicted octanol–water partition coefficient (Wildman–Crippen LogP) is 4.32. The maximum atomic E-state index is 13.8. The summed E-state index contributed by atoms with van der Waals surface area (Å²) < 4.78 is 33.4. The van der Waals surface area contributed by atoms with Crippen molar-refractivity contribution in [2.45, 2.75) is 45.3 Å². The maximum Gasteiger partial charge on any atom is 0.407 e. The summed E-state index contributed by atoms with van der Waals surface area (Å²) in [5, 5.41) is 6.76. The van der Waals surface area contributed by atoms with E-state index >= 15 is 0 Å². The van der Waals surface area contributed by atoms with E-state index in [0.29, 0.717) is 0 Å². The molecule has 0 aliphatic heterocycles. The largest absolute Gasteiger partial charge is 0.444 e. The molecule has 8 heteroatoms. The summed E-state index contributed by atoms with van der Waals surface area (Å²) in [6.07, 6.45) is -0.845. The molecule has 4 nitrogen and oxygen atoms in total. The zero-order valence-corrected chi connectivity index (χ0v) is 15.4. The molecule has 1 rings (SSSR count). The summed E-state index contributed by atoms with van der Waals surface area (Å²) in [7, 11) is 0. The molecule has 22 heavy (non-hydrogen) atoms. The third kappa shape index (κ3) is 7.51. The Bertz CT molecular complexity index is 503. The van der Waals surface area contributed by atoms with E-state index in [2.05, 4.69) is 26.6 Å². The fourth-order valence-electron chi connectivity index (χ4n) is 1.54. The molecule has 1 amide bonds. The lowest BCUT2D eigenvalue weighted by molar-refractivity contribution is -0.00518. The Morgan fingerprint density at radius 3 is 2.55 bits per heavy atom. The van der Waals surface area contributed by atoms with Crippen LogP contribution >= 0.6 is 27.3 Å². The van der Waals surface area contributed by atoms with Gasteiger partial charge in [0, 0.05) is 20.8 Å². The van der Waals surface area contributed by atoms with E-state index in [1.165, 1.54) is 11.3 Å². The van der Waals surface area contributed by atoms with Crippen LogP contribution in [0.2, 0.25) is 0 Å². The minimum atomic E-state index is -3.06. The molecular formula is C14H21BrF2N2O2S. The van der Waals surface area contributed by atoms with Crippen molar-refractivity contribution in [1.82, 2.24) is 10.6 Å². The van der Waals surface area contributed by atoms with Gasteiger partial charge < -0.3 is 15.4 Å². The van der Waals surface area contributed by atoms with Crippen LogP contribution < -0.4 is 10.6 Å². The van der Waals surface area contributed by atoms with E-state index in [9.17, 15) is 13.6 Å². The summed E-state index contributed by atoms with van der Waals surface area (Å²) in [6, 6.07) is 1.70. The van der Waals surface area contributed by atoms with Gasteiger partial charge in [0.25, 0.3) is 5.92 Å². The Hall–Kier alpha value is -0.730. The van der Waals surface area contributed by atoms with Crippen LogP contribution in [0.5, 0.6) is 0 Å². The number of rotatable bonds is 6. The number of amides is 1. The number of hydrogen-bond acceptors (Lipinski definition) is 4. The lowest BCUT2D eigenvalue weighted by atomic mass is 10.2. The summed E-state index contributed by atoms with van der Waals surface area (Å²) in [5.41, 5.74) is -0.710. The maximum absolute atomic E-state index is 13.8. The van der Waals surface area contributed by atoms with Gasteiger partial charge in [0.2, 0.25) is 0 Å². The van der Waals surface area contributed by atoms with Crippen molar-refractivity contribution in [3.05, 3.63) is 20.8 Å². The predicted molar refractivity (Wildman–Crippen MR) is 87.6 cm³/mol. The molecule has 1 unspecified atom stereocenters. The van der Waals surface area contributed by atoms with Crippen molar-refractivity contribution in [2.24, 2.45) is 0 Å². The minimum Gasteiger partial charge on any atom is -0.444 e. The third-order valence-corrected chi connectivity index (χ3v) is 4.45. The molecular weight excluding hydrogens is 378 g/mol. The Kier molecular flexibility index (Phi) is 6.76. The highest BCUT2D eigenvalue weighted by Crippen LogP contribution is 2.25. The van der Waals surface area contributed by atoms with Crippen LogP contribution in [0.25, 0.3) is 0 Å². The summed E-state index contributed by atoms with van der Waals surface area (Å²) in [5.74, 6) is -3.06. The standard InChI is InChI=1S/C14H21BrF2N2O2S/c1-9(11-5-10(15)6-22-11)18-7-14(16,17)8-19-12(20)21-13(2,3)4/h5-6,9,18H,7-8H2,1-4H3,(H,19,20). The average Bonchev–Trinajstić information content (AvgIpc) is 2.79. The molecule has 1 heterocycles. The van der Waals surface area contributed by atoms with Gasteiger partial charge in [-0.25, -0.2) is 13.6 Å². The van der Waals surface area contributed by atoms with Gasteiger partial charge in [0.05, 0.1) is 13.1 Å². The fourth-order valence-corrected chi connectivity index (χ4v) is 3.01. The normalized spacial score (nSPS) is 13.8. The van der Waals surface area contributed by atoms with E-state index in [1.807, 2.05) is 18.4 Å². The van der Waals surface area contributed by atoms with Crippen LogP contribution in [0, 0.1) is 0 Å². The van der Waals surface area contributed by atoms with Gasteiger partial charge in [0.1, 0.15) is 5.60 Å². The number of alkyl halides is 2. The first-order valence-corrected chi connectivity index (χ1v) is 8.48. The molecule has 0 spiro atoms. The highest BCUT2D eigenvalue weighted by molar-refractivity contribution is 9.10. The number of nitrogens with one attached hydrogen (secondary N) is 2. The average molecular weight is 399 g/mol. The molecule has 0 radical (unpaired) electrons. The Morgan fingerprint density at radius 2 is 2.05 bits per heavy atom. The second kappa shape index (κ2) is 7.70. The van der Waals surface area contributed by atoms with Gasteiger partial charge in [-0.2, -0.15) is 0 Å². The smallest absolute Gasteiger partial charge is 0.407 e. The zero-order valence-electron chi connectivity index (χ0n) is 13.0. The molecule has 2 N–H and O–H groups in total. The van der Waals surface area contributed by atoms with Gasteiger partial charge in [0.15, 0.2) is 0 Å². The molecule has 1 atom stereocenters. The monoisotopic (exact) mass is 398 g/mol. The van der Waals surface area contributed by atoms with Gasteiger partial charge in [-0.1, -0.05) is 0 Å². The fraction of sp³-hybridized carbons (Fsp3) is 0.643.